The highest BCUT2D eigenvalue weighted by atomic mass is 16.5. The van der Waals surface area contributed by atoms with Crippen molar-refractivity contribution in [3.8, 4) is 0 Å². The predicted molar refractivity (Wildman–Crippen MR) is 46.7 cm³/mol. The third kappa shape index (κ3) is 2.46. The van der Waals surface area contributed by atoms with Crippen LogP contribution in [0.3, 0.4) is 0 Å². The molecule has 0 amide bonds. The van der Waals surface area contributed by atoms with Gasteiger partial charge in [-0.25, -0.2) is 0 Å². The molecular formula is C9H19NO. The van der Waals surface area contributed by atoms with Crippen molar-refractivity contribution >= 4 is 0 Å². The van der Waals surface area contributed by atoms with E-state index in [2.05, 4.69) is 19.2 Å². The van der Waals surface area contributed by atoms with E-state index in [0.29, 0.717) is 18.2 Å². The third-order valence-corrected chi connectivity index (χ3v) is 2.27. The summed E-state index contributed by atoms with van der Waals surface area (Å²) >= 11 is 0. The molecule has 0 aromatic rings. The number of likely N-dealkylation sites (N-methyl/N-ethyl adjacent to an activating group) is 1. The number of rotatable bonds is 3. The van der Waals surface area contributed by atoms with Crippen LogP contribution in [-0.2, 0) is 4.74 Å². The largest absolute Gasteiger partial charge is 0.374 e. The maximum atomic E-state index is 5.75. The molecule has 2 nitrogen and oxygen atoms in total. The first-order chi connectivity index (χ1) is 5.24. The molecule has 0 unspecified atom stereocenters. The van der Waals surface area contributed by atoms with E-state index in [9.17, 15) is 0 Å². The van der Waals surface area contributed by atoms with Gasteiger partial charge in [0.25, 0.3) is 0 Å². The Hall–Kier alpha value is -0.0800. The second-order valence-electron chi connectivity index (χ2n) is 3.55. The van der Waals surface area contributed by atoms with Gasteiger partial charge in [-0.3, -0.25) is 0 Å². The lowest BCUT2D eigenvalue weighted by atomic mass is 10.2. The topological polar surface area (TPSA) is 21.3 Å². The van der Waals surface area contributed by atoms with Crippen molar-refractivity contribution in [1.82, 2.24) is 5.32 Å². The van der Waals surface area contributed by atoms with Gasteiger partial charge in [-0.2, -0.15) is 0 Å². The summed E-state index contributed by atoms with van der Waals surface area (Å²) in [5, 5.41) is 3.29. The van der Waals surface area contributed by atoms with Crippen molar-refractivity contribution in [2.75, 3.05) is 7.05 Å². The van der Waals surface area contributed by atoms with Crippen molar-refractivity contribution in [1.29, 1.82) is 0 Å². The minimum atomic E-state index is 0.369. The Balaban J connectivity index is 2.31. The Kier molecular flexibility index (Phi) is 3.34. The van der Waals surface area contributed by atoms with E-state index >= 15 is 0 Å². The molecule has 0 aromatic carbocycles. The van der Waals surface area contributed by atoms with Crippen molar-refractivity contribution in [2.45, 2.75) is 51.4 Å². The molecule has 0 heterocycles. The smallest absolute Gasteiger partial charge is 0.0731 e. The van der Waals surface area contributed by atoms with E-state index in [1.807, 2.05) is 7.05 Å². The van der Waals surface area contributed by atoms with E-state index in [0.717, 1.165) is 0 Å². The van der Waals surface area contributed by atoms with Crippen LogP contribution in [0.1, 0.15) is 33.1 Å². The summed E-state index contributed by atoms with van der Waals surface area (Å²) in [7, 11) is 2.02. The molecule has 0 spiro atoms. The lowest BCUT2D eigenvalue weighted by Gasteiger charge is -2.21. The quantitative estimate of drug-likeness (QED) is 0.671. The maximum Gasteiger partial charge on any atom is 0.0731 e. The normalized spacial score (nSPS) is 31.6. The predicted octanol–water partition coefficient (Wildman–Crippen LogP) is 1.55. The number of hydrogen-bond acceptors (Lipinski definition) is 2. The fourth-order valence-corrected chi connectivity index (χ4v) is 1.77. The lowest BCUT2D eigenvalue weighted by Crippen LogP contribution is -2.36. The van der Waals surface area contributed by atoms with Gasteiger partial charge in [-0.05, 0) is 40.2 Å². The standard InChI is InChI=1S/C9H19NO/c1-7(2)11-9-6-4-5-8(9)10-3/h7-10H,4-6H2,1-3H3/t8-,9-/m0/s1. The van der Waals surface area contributed by atoms with Crippen LogP contribution < -0.4 is 5.32 Å². The molecule has 0 bridgehead atoms. The molecular weight excluding hydrogens is 138 g/mol. The first kappa shape index (κ1) is 9.01. The summed E-state index contributed by atoms with van der Waals surface area (Å²) in [5.74, 6) is 0. The third-order valence-electron chi connectivity index (χ3n) is 2.27. The van der Waals surface area contributed by atoms with Crippen LogP contribution in [0.2, 0.25) is 0 Å². The SMILES string of the molecule is CN[C@H]1CCC[C@@H]1OC(C)C. The van der Waals surface area contributed by atoms with Gasteiger partial charge < -0.3 is 10.1 Å². The molecule has 2 heteroatoms. The maximum absolute atomic E-state index is 5.75. The fraction of sp³-hybridized carbons (Fsp3) is 1.00. The molecule has 0 radical (unpaired) electrons. The molecule has 1 fully saturated rings. The molecule has 1 aliphatic rings. The first-order valence-corrected chi connectivity index (χ1v) is 4.56. The van der Waals surface area contributed by atoms with E-state index in [1.54, 1.807) is 0 Å². The van der Waals surface area contributed by atoms with Crippen LogP contribution in [0, 0.1) is 0 Å². The van der Waals surface area contributed by atoms with Crippen LogP contribution in [0.25, 0.3) is 0 Å². The molecule has 66 valence electrons. The second-order valence-corrected chi connectivity index (χ2v) is 3.55. The molecule has 1 rings (SSSR count). The summed E-state index contributed by atoms with van der Waals surface area (Å²) in [5.41, 5.74) is 0. The first-order valence-electron chi connectivity index (χ1n) is 4.56. The second kappa shape index (κ2) is 4.07. The zero-order valence-corrected chi connectivity index (χ0v) is 7.76. The van der Waals surface area contributed by atoms with Crippen molar-refractivity contribution < 1.29 is 4.74 Å². The summed E-state index contributed by atoms with van der Waals surface area (Å²) in [6.07, 6.45) is 4.63. The van der Waals surface area contributed by atoms with Crippen molar-refractivity contribution in [3.63, 3.8) is 0 Å². The van der Waals surface area contributed by atoms with Crippen molar-refractivity contribution in [3.05, 3.63) is 0 Å². The monoisotopic (exact) mass is 157 g/mol. The van der Waals surface area contributed by atoms with Gasteiger partial charge >= 0.3 is 0 Å². The molecule has 2 atom stereocenters. The summed E-state index contributed by atoms with van der Waals surface area (Å²) in [6, 6.07) is 0.595. The zero-order valence-electron chi connectivity index (χ0n) is 7.76. The Morgan fingerprint density at radius 1 is 1.36 bits per heavy atom. The van der Waals surface area contributed by atoms with Gasteiger partial charge in [0.15, 0.2) is 0 Å². The summed E-state index contributed by atoms with van der Waals surface area (Å²) < 4.78 is 5.75. The Bertz CT molecular complexity index is 114. The van der Waals surface area contributed by atoms with Crippen LogP contribution in [0.5, 0.6) is 0 Å². The Morgan fingerprint density at radius 2 is 2.09 bits per heavy atom. The highest BCUT2D eigenvalue weighted by molar-refractivity contribution is 4.83. The number of nitrogens with one attached hydrogen (secondary N) is 1. The van der Waals surface area contributed by atoms with Crippen LogP contribution in [0.4, 0.5) is 0 Å². The average Bonchev–Trinajstić information content (AvgIpc) is 2.34. The molecule has 0 aliphatic heterocycles. The lowest BCUT2D eigenvalue weighted by molar-refractivity contribution is -0.00105. The van der Waals surface area contributed by atoms with E-state index in [1.165, 1.54) is 19.3 Å². The van der Waals surface area contributed by atoms with Gasteiger partial charge in [0, 0.05) is 6.04 Å². The van der Waals surface area contributed by atoms with Crippen LogP contribution in [0.15, 0.2) is 0 Å². The van der Waals surface area contributed by atoms with Crippen LogP contribution >= 0.6 is 0 Å². The molecule has 11 heavy (non-hydrogen) atoms. The molecule has 1 N–H and O–H groups in total. The highest BCUT2D eigenvalue weighted by Crippen LogP contribution is 2.22. The molecule has 0 saturated heterocycles. The van der Waals surface area contributed by atoms with E-state index in [4.69, 9.17) is 4.74 Å². The van der Waals surface area contributed by atoms with Crippen LogP contribution in [-0.4, -0.2) is 25.3 Å². The van der Waals surface area contributed by atoms with Gasteiger partial charge in [-0.1, -0.05) is 0 Å². The van der Waals surface area contributed by atoms with Gasteiger partial charge in [-0.15, -0.1) is 0 Å². The van der Waals surface area contributed by atoms with Gasteiger partial charge in [0.1, 0.15) is 0 Å². The van der Waals surface area contributed by atoms with Gasteiger partial charge in [0.05, 0.1) is 12.2 Å². The minimum absolute atomic E-state index is 0.369. The van der Waals surface area contributed by atoms with E-state index in [-0.39, 0.29) is 0 Å². The summed E-state index contributed by atoms with van der Waals surface area (Å²) in [4.78, 5) is 0. The molecule has 1 aliphatic carbocycles. The highest BCUT2D eigenvalue weighted by Gasteiger charge is 2.26. The molecule has 1 saturated carbocycles. The minimum Gasteiger partial charge on any atom is -0.374 e. The fourth-order valence-electron chi connectivity index (χ4n) is 1.77. The Morgan fingerprint density at radius 3 is 2.64 bits per heavy atom. The van der Waals surface area contributed by atoms with Crippen molar-refractivity contribution in [2.24, 2.45) is 0 Å². The number of ether oxygens (including phenoxy) is 1. The van der Waals surface area contributed by atoms with E-state index < -0.39 is 0 Å². The zero-order chi connectivity index (χ0) is 8.27. The molecule has 0 aromatic heterocycles. The Labute approximate surface area is 69.3 Å². The van der Waals surface area contributed by atoms with Gasteiger partial charge in [0.2, 0.25) is 0 Å². The summed E-state index contributed by atoms with van der Waals surface area (Å²) in [6.45, 7) is 4.20. The average molecular weight is 157 g/mol. The number of hydrogen-bond donors (Lipinski definition) is 1.